The molecule has 0 radical (unpaired) electrons. The molecule has 1 rings (SSSR count). The average Bonchev–Trinajstić information content (AvgIpc) is 2.40. The first-order chi connectivity index (χ1) is 6.85. The van der Waals surface area contributed by atoms with E-state index < -0.39 is 0 Å². The van der Waals surface area contributed by atoms with Gasteiger partial charge in [0.15, 0.2) is 0 Å². The average molecular weight is 249 g/mol. The first-order valence-corrected chi connectivity index (χ1v) is 6.29. The Morgan fingerprint density at radius 3 is 2.47 bits per heavy atom. The Morgan fingerprint density at radius 2 is 2.07 bits per heavy atom. The molecule has 1 aromatic rings. The molecule has 86 valence electrons. The molecule has 1 aromatic heterocycles. The van der Waals surface area contributed by atoms with Gasteiger partial charge in [0.2, 0.25) is 5.88 Å². The maximum absolute atomic E-state index is 9.61. The van der Waals surface area contributed by atoms with Crippen molar-refractivity contribution in [1.29, 1.82) is 0 Å². The van der Waals surface area contributed by atoms with Crippen LogP contribution in [0.2, 0.25) is 5.02 Å². The number of hydrogen-bond acceptors (Lipinski definition) is 3. The Bertz CT molecular complexity index is 344. The van der Waals surface area contributed by atoms with Crippen molar-refractivity contribution in [3.8, 4) is 5.88 Å². The van der Waals surface area contributed by atoms with Crippen molar-refractivity contribution in [2.45, 2.75) is 44.7 Å². The van der Waals surface area contributed by atoms with Crippen molar-refractivity contribution in [3.05, 3.63) is 10.7 Å². The van der Waals surface area contributed by atoms with Crippen molar-refractivity contribution >= 4 is 23.4 Å². The first-order valence-electron chi connectivity index (χ1n) is 4.93. The smallest absolute Gasteiger partial charge is 0.228 e. The zero-order valence-corrected chi connectivity index (χ0v) is 11.1. The highest BCUT2D eigenvalue weighted by atomic mass is 35.5. The quantitative estimate of drug-likeness (QED) is 0.892. The lowest BCUT2D eigenvalue weighted by Crippen LogP contribution is -2.07. The van der Waals surface area contributed by atoms with Gasteiger partial charge in [-0.1, -0.05) is 32.4 Å². The summed E-state index contributed by atoms with van der Waals surface area (Å²) in [4.78, 5) is 0. The zero-order valence-electron chi connectivity index (χ0n) is 9.54. The summed E-state index contributed by atoms with van der Waals surface area (Å²) in [6.07, 6.45) is 0. The SMILES string of the molecule is CCn1nc(CSC(C)(C)C)c(Cl)c1O. The van der Waals surface area contributed by atoms with E-state index in [4.69, 9.17) is 11.6 Å². The highest BCUT2D eigenvalue weighted by molar-refractivity contribution is 7.99. The lowest BCUT2D eigenvalue weighted by Gasteiger charge is -2.16. The third-order valence-electron chi connectivity index (χ3n) is 1.88. The maximum atomic E-state index is 9.61. The van der Waals surface area contributed by atoms with Crippen LogP contribution in [0, 0.1) is 0 Å². The van der Waals surface area contributed by atoms with Crippen LogP contribution in [0.3, 0.4) is 0 Å². The van der Waals surface area contributed by atoms with E-state index in [1.165, 1.54) is 4.68 Å². The minimum atomic E-state index is 0.0728. The lowest BCUT2D eigenvalue weighted by atomic mass is 10.3. The number of rotatable bonds is 3. The van der Waals surface area contributed by atoms with Crippen molar-refractivity contribution in [3.63, 3.8) is 0 Å². The molecule has 0 saturated carbocycles. The molecule has 0 saturated heterocycles. The topological polar surface area (TPSA) is 38.0 Å². The highest BCUT2D eigenvalue weighted by Crippen LogP contribution is 2.33. The molecule has 1 heterocycles. The van der Waals surface area contributed by atoms with E-state index in [1.807, 2.05) is 6.92 Å². The van der Waals surface area contributed by atoms with Crippen molar-refractivity contribution in [1.82, 2.24) is 9.78 Å². The summed E-state index contributed by atoms with van der Waals surface area (Å²) in [5, 5.41) is 14.2. The van der Waals surface area contributed by atoms with Crippen LogP contribution < -0.4 is 0 Å². The number of thioether (sulfide) groups is 1. The second-order valence-corrected chi connectivity index (χ2v) is 6.48. The number of halogens is 1. The van der Waals surface area contributed by atoms with E-state index in [0.29, 0.717) is 11.6 Å². The Labute approximate surface area is 99.8 Å². The third-order valence-corrected chi connectivity index (χ3v) is 3.55. The molecule has 0 aliphatic carbocycles. The standard InChI is InChI=1S/C10H17ClN2OS/c1-5-13-9(14)8(11)7(12-13)6-15-10(2,3)4/h14H,5-6H2,1-4H3. The van der Waals surface area contributed by atoms with Gasteiger partial charge in [0.1, 0.15) is 5.02 Å². The third kappa shape index (κ3) is 3.31. The number of nitrogens with zero attached hydrogens (tertiary/aromatic N) is 2. The van der Waals surface area contributed by atoms with E-state index >= 15 is 0 Å². The van der Waals surface area contributed by atoms with E-state index in [0.717, 1.165) is 11.4 Å². The van der Waals surface area contributed by atoms with Gasteiger partial charge in [0, 0.05) is 17.0 Å². The molecule has 0 amide bonds. The van der Waals surface area contributed by atoms with Crippen LogP contribution in [0.15, 0.2) is 0 Å². The summed E-state index contributed by atoms with van der Waals surface area (Å²) in [6, 6.07) is 0. The minimum absolute atomic E-state index is 0.0728. The fourth-order valence-electron chi connectivity index (χ4n) is 1.08. The van der Waals surface area contributed by atoms with Crippen LogP contribution in [-0.4, -0.2) is 19.6 Å². The monoisotopic (exact) mass is 248 g/mol. The maximum Gasteiger partial charge on any atom is 0.228 e. The molecule has 0 unspecified atom stereocenters. The predicted molar refractivity (Wildman–Crippen MR) is 65.6 cm³/mol. The molecule has 5 heteroatoms. The van der Waals surface area contributed by atoms with Crippen molar-refractivity contribution in [2.75, 3.05) is 0 Å². The predicted octanol–water partition coefficient (Wildman–Crippen LogP) is 3.29. The molecule has 0 aromatic carbocycles. The molecule has 3 nitrogen and oxygen atoms in total. The number of aryl methyl sites for hydroxylation is 1. The Balaban J connectivity index is 2.78. The zero-order chi connectivity index (χ0) is 11.6. The molecular formula is C10H17ClN2OS. The van der Waals surface area contributed by atoms with Crippen LogP contribution in [0.25, 0.3) is 0 Å². The summed E-state index contributed by atoms with van der Waals surface area (Å²) in [5.74, 6) is 0.798. The van der Waals surface area contributed by atoms with E-state index in [2.05, 4.69) is 25.9 Å². The largest absolute Gasteiger partial charge is 0.492 e. The van der Waals surface area contributed by atoms with Gasteiger partial charge < -0.3 is 5.11 Å². The van der Waals surface area contributed by atoms with Crippen LogP contribution in [0.4, 0.5) is 0 Å². The van der Waals surface area contributed by atoms with Crippen molar-refractivity contribution < 1.29 is 5.11 Å². The van der Waals surface area contributed by atoms with Gasteiger partial charge in [-0.3, -0.25) is 0 Å². The second kappa shape index (κ2) is 4.66. The Hall–Kier alpha value is -0.350. The highest BCUT2D eigenvalue weighted by Gasteiger charge is 2.17. The van der Waals surface area contributed by atoms with E-state index in [1.54, 1.807) is 11.8 Å². The van der Waals surface area contributed by atoms with Gasteiger partial charge in [-0.25, -0.2) is 4.68 Å². The fourth-order valence-corrected chi connectivity index (χ4v) is 2.13. The van der Waals surface area contributed by atoms with Gasteiger partial charge in [-0.05, 0) is 6.92 Å². The normalized spacial score (nSPS) is 12.1. The Kier molecular flexibility index (Phi) is 3.95. The molecule has 1 N–H and O–H groups in total. The Morgan fingerprint density at radius 1 is 1.47 bits per heavy atom. The second-order valence-electron chi connectivity index (χ2n) is 4.30. The van der Waals surface area contributed by atoms with Gasteiger partial charge in [0.25, 0.3) is 0 Å². The molecule has 0 atom stereocenters. The van der Waals surface area contributed by atoms with E-state index in [9.17, 15) is 5.11 Å². The molecular weight excluding hydrogens is 232 g/mol. The number of aromatic nitrogens is 2. The van der Waals surface area contributed by atoms with E-state index in [-0.39, 0.29) is 10.6 Å². The minimum Gasteiger partial charge on any atom is -0.492 e. The molecule has 15 heavy (non-hydrogen) atoms. The summed E-state index contributed by atoms with van der Waals surface area (Å²) < 4.78 is 1.69. The van der Waals surface area contributed by atoms with Gasteiger partial charge >= 0.3 is 0 Å². The number of hydrogen-bond donors (Lipinski definition) is 1. The summed E-state index contributed by atoms with van der Waals surface area (Å²) in [6.45, 7) is 8.97. The lowest BCUT2D eigenvalue weighted by molar-refractivity contribution is 0.405. The summed E-state index contributed by atoms with van der Waals surface area (Å²) in [5.41, 5.74) is 0.760. The van der Waals surface area contributed by atoms with Crippen LogP contribution in [-0.2, 0) is 12.3 Å². The molecule has 0 fully saturated rings. The molecule has 0 aliphatic heterocycles. The fraction of sp³-hybridized carbons (Fsp3) is 0.700. The molecule has 0 spiro atoms. The molecule has 0 aliphatic rings. The summed E-state index contributed by atoms with van der Waals surface area (Å²) in [7, 11) is 0. The molecule has 0 bridgehead atoms. The summed E-state index contributed by atoms with van der Waals surface area (Å²) >= 11 is 7.74. The van der Waals surface area contributed by atoms with Crippen molar-refractivity contribution in [2.24, 2.45) is 0 Å². The number of aromatic hydroxyl groups is 1. The first kappa shape index (κ1) is 12.7. The van der Waals surface area contributed by atoms with Crippen LogP contribution in [0.5, 0.6) is 5.88 Å². The van der Waals surface area contributed by atoms with Gasteiger partial charge in [-0.15, -0.1) is 11.8 Å². The van der Waals surface area contributed by atoms with Crippen LogP contribution >= 0.6 is 23.4 Å². The van der Waals surface area contributed by atoms with Gasteiger partial charge in [0.05, 0.1) is 5.69 Å². The van der Waals surface area contributed by atoms with Gasteiger partial charge in [-0.2, -0.15) is 5.10 Å². The van der Waals surface area contributed by atoms with Crippen LogP contribution in [0.1, 0.15) is 33.4 Å².